The minimum absolute atomic E-state index is 0.340. The number of hydrogen-bond donors (Lipinski definition) is 2. The molecule has 0 bridgehead atoms. The lowest BCUT2D eigenvalue weighted by Crippen LogP contribution is -2.02. The quantitative estimate of drug-likeness (QED) is 0.906. The van der Waals surface area contributed by atoms with Crippen molar-refractivity contribution in [3.05, 3.63) is 40.9 Å². The zero-order valence-electron chi connectivity index (χ0n) is 9.74. The van der Waals surface area contributed by atoms with E-state index in [2.05, 4.69) is 36.5 Å². The van der Waals surface area contributed by atoms with E-state index in [-0.39, 0.29) is 5.82 Å². The first-order valence-electron chi connectivity index (χ1n) is 5.47. The number of nitrogens with zero attached hydrogens (tertiary/aromatic N) is 2. The average molecular weight is 311 g/mol. The van der Waals surface area contributed by atoms with Gasteiger partial charge in [-0.3, -0.25) is 0 Å². The van der Waals surface area contributed by atoms with Gasteiger partial charge in [-0.05, 0) is 25.1 Å². The van der Waals surface area contributed by atoms with Crippen LogP contribution < -0.4 is 10.6 Å². The van der Waals surface area contributed by atoms with Crippen molar-refractivity contribution in [2.24, 2.45) is 0 Å². The Morgan fingerprint density at radius 1 is 1.22 bits per heavy atom. The van der Waals surface area contributed by atoms with Gasteiger partial charge in [-0.2, -0.15) is 0 Å². The maximum absolute atomic E-state index is 13.6. The molecule has 0 fully saturated rings. The van der Waals surface area contributed by atoms with Crippen LogP contribution in [-0.4, -0.2) is 16.5 Å². The number of hydrogen-bond acceptors (Lipinski definition) is 4. The van der Waals surface area contributed by atoms with Crippen molar-refractivity contribution in [2.45, 2.75) is 6.92 Å². The van der Waals surface area contributed by atoms with E-state index >= 15 is 0 Å². The van der Waals surface area contributed by atoms with Gasteiger partial charge in [0.1, 0.15) is 23.8 Å². The molecule has 0 spiro atoms. The van der Waals surface area contributed by atoms with E-state index < -0.39 is 0 Å². The van der Waals surface area contributed by atoms with Gasteiger partial charge in [-0.15, -0.1) is 0 Å². The summed E-state index contributed by atoms with van der Waals surface area (Å²) < 4.78 is 14.3. The van der Waals surface area contributed by atoms with E-state index in [0.29, 0.717) is 21.8 Å². The van der Waals surface area contributed by atoms with E-state index in [1.165, 1.54) is 12.4 Å². The average Bonchev–Trinajstić information content (AvgIpc) is 2.34. The number of nitrogens with one attached hydrogen (secondary N) is 2. The first-order chi connectivity index (χ1) is 8.69. The second-order valence-electron chi connectivity index (χ2n) is 3.57. The molecule has 0 saturated heterocycles. The Morgan fingerprint density at radius 3 is 2.72 bits per heavy atom. The van der Waals surface area contributed by atoms with Crippen molar-refractivity contribution in [1.29, 1.82) is 0 Å². The highest BCUT2D eigenvalue weighted by atomic mass is 79.9. The van der Waals surface area contributed by atoms with Crippen molar-refractivity contribution in [3.63, 3.8) is 0 Å². The molecule has 0 aliphatic heterocycles. The molecule has 2 rings (SSSR count). The molecule has 0 amide bonds. The standard InChI is InChI=1S/C12H12BrFN4/c1-2-15-11-6-12(17-7-16-11)18-10-4-3-8(13)5-9(10)14/h3-7H,2H2,1H3,(H2,15,16,17,18). The molecule has 94 valence electrons. The van der Waals surface area contributed by atoms with Gasteiger partial charge >= 0.3 is 0 Å². The molecule has 0 aliphatic rings. The van der Waals surface area contributed by atoms with Crippen molar-refractivity contribution >= 4 is 33.3 Å². The number of aromatic nitrogens is 2. The minimum Gasteiger partial charge on any atom is -0.370 e. The van der Waals surface area contributed by atoms with Crippen LogP contribution in [-0.2, 0) is 0 Å². The summed E-state index contributed by atoms with van der Waals surface area (Å²) in [7, 11) is 0. The van der Waals surface area contributed by atoms with E-state index in [4.69, 9.17) is 0 Å². The third-order valence-corrected chi connectivity index (χ3v) is 2.71. The van der Waals surface area contributed by atoms with Crippen molar-refractivity contribution in [1.82, 2.24) is 9.97 Å². The predicted molar refractivity (Wildman–Crippen MR) is 73.6 cm³/mol. The van der Waals surface area contributed by atoms with Gasteiger partial charge in [0, 0.05) is 17.1 Å². The molecular formula is C12H12BrFN4. The molecule has 1 aromatic carbocycles. The van der Waals surface area contributed by atoms with Gasteiger partial charge < -0.3 is 10.6 Å². The molecule has 6 heteroatoms. The molecule has 1 aromatic heterocycles. The van der Waals surface area contributed by atoms with Gasteiger partial charge in [0.2, 0.25) is 0 Å². The fourth-order valence-electron chi connectivity index (χ4n) is 1.43. The van der Waals surface area contributed by atoms with Crippen molar-refractivity contribution in [2.75, 3.05) is 17.2 Å². The topological polar surface area (TPSA) is 49.8 Å². The van der Waals surface area contributed by atoms with Gasteiger partial charge in [0.25, 0.3) is 0 Å². The van der Waals surface area contributed by atoms with Crippen LogP contribution in [0.25, 0.3) is 0 Å². The maximum Gasteiger partial charge on any atom is 0.147 e. The van der Waals surface area contributed by atoms with E-state index in [1.54, 1.807) is 18.2 Å². The normalized spacial score (nSPS) is 10.2. The van der Waals surface area contributed by atoms with Crippen molar-refractivity contribution in [3.8, 4) is 0 Å². The van der Waals surface area contributed by atoms with E-state index in [0.717, 1.165) is 6.54 Å². The van der Waals surface area contributed by atoms with Crippen LogP contribution in [0.2, 0.25) is 0 Å². The van der Waals surface area contributed by atoms with Gasteiger partial charge in [0.05, 0.1) is 5.69 Å². The maximum atomic E-state index is 13.6. The van der Waals surface area contributed by atoms with Crippen LogP contribution in [0.4, 0.5) is 21.7 Å². The molecule has 0 atom stereocenters. The van der Waals surface area contributed by atoms with Crippen LogP contribution in [0.15, 0.2) is 35.1 Å². The summed E-state index contributed by atoms with van der Waals surface area (Å²) in [5, 5.41) is 5.98. The Hall–Kier alpha value is -1.69. The molecular weight excluding hydrogens is 299 g/mol. The summed E-state index contributed by atoms with van der Waals surface area (Å²) >= 11 is 3.21. The molecule has 0 unspecified atom stereocenters. The highest BCUT2D eigenvalue weighted by Gasteiger charge is 2.04. The number of rotatable bonds is 4. The Kier molecular flexibility index (Phi) is 4.09. The molecule has 18 heavy (non-hydrogen) atoms. The molecule has 0 saturated carbocycles. The summed E-state index contributed by atoms with van der Waals surface area (Å²) in [5.74, 6) is 0.905. The van der Waals surface area contributed by atoms with Gasteiger partial charge in [-0.1, -0.05) is 15.9 Å². The van der Waals surface area contributed by atoms with Crippen LogP contribution in [0.5, 0.6) is 0 Å². The molecule has 1 heterocycles. The second-order valence-corrected chi connectivity index (χ2v) is 4.48. The Balaban J connectivity index is 2.20. The fraction of sp³-hybridized carbons (Fsp3) is 0.167. The van der Waals surface area contributed by atoms with Gasteiger partial charge in [-0.25, -0.2) is 14.4 Å². The lowest BCUT2D eigenvalue weighted by Gasteiger charge is -2.08. The Morgan fingerprint density at radius 2 is 2.00 bits per heavy atom. The lowest BCUT2D eigenvalue weighted by atomic mass is 10.3. The molecule has 0 radical (unpaired) electrons. The minimum atomic E-state index is -0.340. The monoisotopic (exact) mass is 310 g/mol. The molecule has 0 aliphatic carbocycles. The Labute approximate surface area is 113 Å². The predicted octanol–water partition coefficient (Wildman–Crippen LogP) is 3.55. The SMILES string of the molecule is CCNc1cc(Nc2ccc(Br)cc2F)ncn1. The third kappa shape index (κ3) is 3.16. The highest BCUT2D eigenvalue weighted by molar-refractivity contribution is 9.10. The highest BCUT2D eigenvalue weighted by Crippen LogP contribution is 2.22. The lowest BCUT2D eigenvalue weighted by molar-refractivity contribution is 0.631. The van der Waals surface area contributed by atoms with Gasteiger partial charge in [0.15, 0.2) is 0 Å². The first-order valence-corrected chi connectivity index (χ1v) is 6.26. The summed E-state index contributed by atoms with van der Waals surface area (Å²) in [4.78, 5) is 8.08. The molecule has 2 N–H and O–H groups in total. The summed E-state index contributed by atoms with van der Waals surface area (Å²) in [6.07, 6.45) is 1.43. The van der Waals surface area contributed by atoms with E-state index in [1.807, 2.05) is 6.92 Å². The Bertz CT molecular complexity index is 547. The molecule has 4 nitrogen and oxygen atoms in total. The number of halogens is 2. The number of benzene rings is 1. The molecule has 2 aromatic rings. The van der Waals surface area contributed by atoms with Crippen LogP contribution >= 0.6 is 15.9 Å². The smallest absolute Gasteiger partial charge is 0.147 e. The number of anilines is 3. The van der Waals surface area contributed by atoms with Crippen LogP contribution in [0, 0.1) is 5.82 Å². The summed E-state index contributed by atoms with van der Waals surface area (Å²) in [5.41, 5.74) is 0.374. The fourth-order valence-corrected chi connectivity index (χ4v) is 1.77. The third-order valence-electron chi connectivity index (χ3n) is 2.22. The zero-order chi connectivity index (χ0) is 13.0. The second kappa shape index (κ2) is 5.77. The summed E-state index contributed by atoms with van der Waals surface area (Å²) in [6, 6.07) is 6.53. The van der Waals surface area contributed by atoms with Crippen LogP contribution in [0.3, 0.4) is 0 Å². The summed E-state index contributed by atoms with van der Waals surface area (Å²) in [6.45, 7) is 2.74. The van der Waals surface area contributed by atoms with Crippen LogP contribution in [0.1, 0.15) is 6.92 Å². The first kappa shape index (κ1) is 12.8. The largest absolute Gasteiger partial charge is 0.370 e. The van der Waals surface area contributed by atoms with Crippen molar-refractivity contribution < 1.29 is 4.39 Å². The zero-order valence-corrected chi connectivity index (χ0v) is 11.3. The van der Waals surface area contributed by atoms with E-state index in [9.17, 15) is 4.39 Å².